The van der Waals surface area contributed by atoms with Crippen LogP contribution in [0.1, 0.15) is 45.6 Å². The molecule has 1 aliphatic carbocycles. The maximum atomic E-state index is 12.9. The smallest absolute Gasteiger partial charge is 0.123 e. The third-order valence-electron chi connectivity index (χ3n) is 4.12. The summed E-state index contributed by atoms with van der Waals surface area (Å²) >= 11 is 0. The fraction of sp³-hybridized carbons (Fsp3) is 0.647. The van der Waals surface area contributed by atoms with Gasteiger partial charge in [0.25, 0.3) is 0 Å². The van der Waals surface area contributed by atoms with Gasteiger partial charge in [0.15, 0.2) is 0 Å². The van der Waals surface area contributed by atoms with E-state index in [0.717, 1.165) is 24.8 Å². The number of rotatable bonds is 4. The molecule has 19 heavy (non-hydrogen) atoms. The Morgan fingerprint density at radius 3 is 2.37 bits per heavy atom. The van der Waals surface area contributed by atoms with E-state index in [0.29, 0.717) is 0 Å². The Kier molecular flexibility index (Phi) is 4.62. The number of benzene rings is 1. The second-order valence-corrected chi connectivity index (χ2v) is 6.91. The van der Waals surface area contributed by atoms with E-state index in [1.165, 1.54) is 24.8 Å². The lowest BCUT2D eigenvalue weighted by Crippen LogP contribution is -2.40. The van der Waals surface area contributed by atoms with E-state index in [1.807, 2.05) is 12.1 Å². The van der Waals surface area contributed by atoms with Gasteiger partial charge in [0, 0.05) is 5.54 Å². The fourth-order valence-corrected chi connectivity index (χ4v) is 3.01. The molecule has 0 radical (unpaired) electrons. The number of hydrogen-bond acceptors (Lipinski definition) is 1. The molecule has 0 aliphatic heterocycles. The molecule has 0 heterocycles. The van der Waals surface area contributed by atoms with Crippen molar-refractivity contribution in [2.45, 2.75) is 52.0 Å². The van der Waals surface area contributed by atoms with E-state index >= 15 is 0 Å². The van der Waals surface area contributed by atoms with Gasteiger partial charge in [-0.15, -0.1) is 0 Å². The molecule has 2 rings (SSSR count). The SMILES string of the molecule is CC(C)(C)NCC1CCCC1Cc1ccc(F)cc1. The molecule has 106 valence electrons. The van der Waals surface area contributed by atoms with Crippen molar-refractivity contribution in [1.82, 2.24) is 5.32 Å². The van der Waals surface area contributed by atoms with Crippen LogP contribution in [0.2, 0.25) is 0 Å². The molecule has 1 aromatic rings. The first kappa shape index (κ1) is 14.5. The lowest BCUT2D eigenvalue weighted by Gasteiger charge is -2.26. The van der Waals surface area contributed by atoms with Crippen LogP contribution in [0.15, 0.2) is 24.3 Å². The first-order chi connectivity index (χ1) is 8.94. The van der Waals surface area contributed by atoms with E-state index < -0.39 is 0 Å². The summed E-state index contributed by atoms with van der Waals surface area (Å²) in [5, 5.41) is 3.63. The molecular weight excluding hydrogens is 237 g/mol. The van der Waals surface area contributed by atoms with E-state index in [-0.39, 0.29) is 11.4 Å². The molecule has 0 bridgehead atoms. The molecule has 0 spiro atoms. The first-order valence-corrected chi connectivity index (χ1v) is 7.43. The molecule has 2 heteroatoms. The average Bonchev–Trinajstić information content (AvgIpc) is 2.76. The van der Waals surface area contributed by atoms with Gasteiger partial charge in [-0.25, -0.2) is 4.39 Å². The van der Waals surface area contributed by atoms with Gasteiger partial charge < -0.3 is 5.32 Å². The Balaban J connectivity index is 1.90. The first-order valence-electron chi connectivity index (χ1n) is 7.43. The summed E-state index contributed by atoms with van der Waals surface area (Å²) in [6.45, 7) is 7.76. The second kappa shape index (κ2) is 6.04. The van der Waals surface area contributed by atoms with Crippen molar-refractivity contribution in [3.05, 3.63) is 35.6 Å². The van der Waals surface area contributed by atoms with Crippen LogP contribution in [0.25, 0.3) is 0 Å². The zero-order valence-corrected chi connectivity index (χ0v) is 12.4. The second-order valence-electron chi connectivity index (χ2n) is 6.91. The summed E-state index contributed by atoms with van der Waals surface area (Å²) in [5.74, 6) is 1.38. The largest absolute Gasteiger partial charge is 0.312 e. The summed E-state index contributed by atoms with van der Waals surface area (Å²) in [4.78, 5) is 0. The predicted octanol–water partition coefficient (Wildman–Crippen LogP) is 4.17. The highest BCUT2D eigenvalue weighted by Gasteiger charge is 2.28. The van der Waals surface area contributed by atoms with Crippen molar-refractivity contribution >= 4 is 0 Å². The molecule has 0 saturated heterocycles. The van der Waals surface area contributed by atoms with E-state index in [2.05, 4.69) is 26.1 Å². The average molecular weight is 263 g/mol. The third kappa shape index (κ3) is 4.61. The fourth-order valence-electron chi connectivity index (χ4n) is 3.01. The van der Waals surface area contributed by atoms with E-state index in [9.17, 15) is 4.39 Å². The summed E-state index contributed by atoms with van der Waals surface area (Å²) < 4.78 is 12.9. The van der Waals surface area contributed by atoms with Gasteiger partial charge in [0.1, 0.15) is 5.82 Å². The maximum absolute atomic E-state index is 12.9. The molecule has 1 fully saturated rings. The van der Waals surface area contributed by atoms with Crippen LogP contribution >= 0.6 is 0 Å². The molecule has 1 nitrogen and oxygen atoms in total. The van der Waals surface area contributed by atoms with Gasteiger partial charge in [0.2, 0.25) is 0 Å². The Hall–Kier alpha value is -0.890. The lowest BCUT2D eigenvalue weighted by molar-refractivity contribution is 0.317. The van der Waals surface area contributed by atoms with Crippen LogP contribution in [-0.4, -0.2) is 12.1 Å². The molecule has 1 saturated carbocycles. The predicted molar refractivity (Wildman–Crippen MR) is 78.7 cm³/mol. The minimum atomic E-state index is -0.138. The van der Waals surface area contributed by atoms with Crippen molar-refractivity contribution in [2.75, 3.05) is 6.54 Å². The highest BCUT2D eigenvalue weighted by molar-refractivity contribution is 5.17. The van der Waals surface area contributed by atoms with Crippen LogP contribution in [0.4, 0.5) is 4.39 Å². The molecule has 2 unspecified atom stereocenters. The quantitative estimate of drug-likeness (QED) is 0.859. The van der Waals surface area contributed by atoms with Gasteiger partial charge in [-0.05, 0) is 76.1 Å². The molecule has 1 aromatic carbocycles. The highest BCUT2D eigenvalue weighted by Crippen LogP contribution is 2.34. The van der Waals surface area contributed by atoms with Crippen LogP contribution in [0.3, 0.4) is 0 Å². The molecule has 0 amide bonds. The van der Waals surface area contributed by atoms with Crippen molar-refractivity contribution in [2.24, 2.45) is 11.8 Å². The Morgan fingerprint density at radius 1 is 1.11 bits per heavy atom. The monoisotopic (exact) mass is 263 g/mol. The van der Waals surface area contributed by atoms with E-state index in [1.54, 1.807) is 12.1 Å². The minimum Gasteiger partial charge on any atom is -0.312 e. The van der Waals surface area contributed by atoms with Crippen LogP contribution in [0.5, 0.6) is 0 Å². The van der Waals surface area contributed by atoms with Crippen molar-refractivity contribution in [3.63, 3.8) is 0 Å². The molecule has 2 atom stereocenters. The summed E-state index contributed by atoms with van der Waals surface area (Å²) in [7, 11) is 0. The standard InChI is InChI=1S/C17H26FN/c1-17(2,3)19-12-15-6-4-5-14(15)11-13-7-9-16(18)10-8-13/h7-10,14-15,19H,4-6,11-12H2,1-3H3. The minimum absolute atomic E-state index is 0.138. The van der Waals surface area contributed by atoms with Gasteiger partial charge in [-0.2, -0.15) is 0 Å². The third-order valence-corrected chi connectivity index (χ3v) is 4.12. The van der Waals surface area contributed by atoms with Crippen molar-refractivity contribution in [3.8, 4) is 0 Å². The van der Waals surface area contributed by atoms with Gasteiger partial charge in [0.05, 0.1) is 0 Å². The molecule has 0 aromatic heterocycles. The van der Waals surface area contributed by atoms with Crippen molar-refractivity contribution < 1.29 is 4.39 Å². The highest BCUT2D eigenvalue weighted by atomic mass is 19.1. The summed E-state index contributed by atoms with van der Waals surface area (Å²) in [6, 6.07) is 7.02. The van der Waals surface area contributed by atoms with Crippen molar-refractivity contribution in [1.29, 1.82) is 0 Å². The normalized spacial score (nSPS) is 23.8. The lowest BCUT2D eigenvalue weighted by atomic mass is 9.89. The van der Waals surface area contributed by atoms with Gasteiger partial charge >= 0.3 is 0 Å². The van der Waals surface area contributed by atoms with Crippen LogP contribution < -0.4 is 5.32 Å². The number of nitrogens with one attached hydrogen (secondary N) is 1. The van der Waals surface area contributed by atoms with E-state index in [4.69, 9.17) is 0 Å². The summed E-state index contributed by atoms with van der Waals surface area (Å²) in [5.41, 5.74) is 1.47. The zero-order chi connectivity index (χ0) is 13.9. The number of hydrogen-bond donors (Lipinski definition) is 1. The topological polar surface area (TPSA) is 12.0 Å². The van der Waals surface area contributed by atoms with Gasteiger partial charge in [-0.3, -0.25) is 0 Å². The zero-order valence-electron chi connectivity index (χ0n) is 12.4. The number of halogens is 1. The molecular formula is C17H26FN. The Labute approximate surface area is 116 Å². The Morgan fingerprint density at radius 2 is 1.74 bits per heavy atom. The molecule has 1 aliphatic rings. The maximum Gasteiger partial charge on any atom is 0.123 e. The van der Waals surface area contributed by atoms with Gasteiger partial charge in [-0.1, -0.05) is 18.6 Å². The molecule has 1 N–H and O–H groups in total. The van der Waals surface area contributed by atoms with Crippen LogP contribution in [0, 0.1) is 17.7 Å². The summed E-state index contributed by atoms with van der Waals surface area (Å²) in [6.07, 6.45) is 5.07. The Bertz CT molecular complexity index is 391. The van der Waals surface area contributed by atoms with Crippen LogP contribution in [-0.2, 0) is 6.42 Å².